The number of nitrogens with one attached hydrogen (secondary N) is 3. The standard InChI is InChI=1S/C35H37IN6O4/c1-5-8-28(36)30-20-33(42(41-30)25-13-11-22(2)12-14-25)40-35(44)38-29-15-16-31(27-10-7-6-9-26(27)29)46-21-24-17-18-37-32(19-24)39-34(43)23(3)45-4/h6-7,9-20,23,28H,5,8,21H2,1-4H3,(H,37,39,43)(H2,38,40,44)/t23-,28?/m1/s1. The number of amides is 3. The van der Waals surface area contributed by atoms with Crippen molar-refractivity contribution in [3.05, 3.63) is 102 Å². The largest absolute Gasteiger partial charge is 0.488 e. The number of aromatic nitrogens is 3. The predicted molar refractivity (Wildman–Crippen MR) is 190 cm³/mol. The Morgan fingerprint density at radius 1 is 0.957 bits per heavy atom. The molecule has 0 saturated carbocycles. The van der Waals surface area contributed by atoms with E-state index in [0.717, 1.165) is 46.1 Å². The number of aryl methyl sites for hydroxylation is 1. The van der Waals surface area contributed by atoms with Crippen LogP contribution in [0.15, 0.2) is 85.1 Å². The number of ether oxygens (including phenoxy) is 2. The van der Waals surface area contributed by atoms with E-state index < -0.39 is 6.10 Å². The van der Waals surface area contributed by atoms with Gasteiger partial charge < -0.3 is 20.1 Å². The predicted octanol–water partition coefficient (Wildman–Crippen LogP) is 8.20. The highest BCUT2D eigenvalue weighted by Gasteiger charge is 2.18. The minimum atomic E-state index is -0.593. The van der Waals surface area contributed by atoms with Gasteiger partial charge in [-0.2, -0.15) is 5.10 Å². The normalized spacial score (nSPS) is 12.4. The summed E-state index contributed by atoms with van der Waals surface area (Å²) in [4.78, 5) is 29.8. The Labute approximate surface area is 282 Å². The molecule has 2 atom stereocenters. The zero-order valence-corrected chi connectivity index (χ0v) is 28.4. The minimum Gasteiger partial charge on any atom is -0.488 e. The van der Waals surface area contributed by atoms with Crippen molar-refractivity contribution >= 4 is 62.6 Å². The third kappa shape index (κ3) is 8.01. The molecule has 2 heterocycles. The highest BCUT2D eigenvalue weighted by atomic mass is 127. The summed E-state index contributed by atoms with van der Waals surface area (Å²) in [6.07, 6.45) is 3.05. The first-order chi connectivity index (χ1) is 22.2. The Kier molecular flexibility index (Phi) is 10.9. The summed E-state index contributed by atoms with van der Waals surface area (Å²) < 4.78 is 13.3. The first-order valence-electron chi connectivity index (χ1n) is 15.1. The van der Waals surface area contributed by atoms with Gasteiger partial charge in [0.2, 0.25) is 0 Å². The Morgan fingerprint density at radius 3 is 2.46 bits per heavy atom. The van der Waals surface area contributed by atoms with Crippen LogP contribution in [0.1, 0.15) is 47.4 Å². The molecule has 3 amide bonds. The van der Waals surface area contributed by atoms with Crippen LogP contribution in [-0.4, -0.2) is 39.9 Å². The van der Waals surface area contributed by atoms with E-state index in [4.69, 9.17) is 14.6 Å². The molecular weight excluding hydrogens is 695 g/mol. The lowest BCUT2D eigenvalue weighted by Gasteiger charge is -2.15. The number of carbonyl (C=O) groups is 2. The lowest BCUT2D eigenvalue weighted by molar-refractivity contribution is -0.124. The molecule has 3 aromatic carbocycles. The average Bonchev–Trinajstić information content (AvgIpc) is 3.48. The van der Waals surface area contributed by atoms with Gasteiger partial charge in [0.1, 0.15) is 30.1 Å². The molecule has 0 aliphatic rings. The van der Waals surface area contributed by atoms with Crippen molar-refractivity contribution in [3.63, 3.8) is 0 Å². The number of anilines is 3. The number of benzene rings is 3. The summed E-state index contributed by atoms with van der Waals surface area (Å²) in [5.41, 5.74) is 4.40. The van der Waals surface area contributed by atoms with Crippen LogP contribution in [0, 0.1) is 6.92 Å². The molecule has 0 fully saturated rings. The van der Waals surface area contributed by atoms with Gasteiger partial charge in [-0.25, -0.2) is 14.5 Å². The zero-order valence-electron chi connectivity index (χ0n) is 26.2. The fourth-order valence-corrected chi connectivity index (χ4v) is 5.76. The number of methoxy groups -OCH3 is 1. The number of hydrogen-bond acceptors (Lipinski definition) is 6. The zero-order chi connectivity index (χ0) is 32.6. The van der Waals surface area contributed by atoms with Gasteiger partial charge in [-0.05, 0) is 62.2 Å². The van der Waals surface area contributed by atoms with Crippen molar-refractivity contribution in [1.82, 2.24) is 14.8 Å². The van der Waals surface area contributed by atoms with Crippen LogP contribution >= 0.6 is 22.6 Å². The summed E-state index contributed by atoms with van der Waals surface area (Å²) in [6.45, 7) is 6.11. The fraction of sp³-hybridized carbons (Fsp3) is 0.257. The van der Waals surface area contributed by atoms with Gasteiger partial charge >= 0.3 is 6.03 Å². The highest BCUT2D eigenvalue weighted by Crippen LogP contribution is 2.33. The Balaban J connectivity index is 1.32. The number of nitrogens with zero attached hydrogens (tertiary/aromatic N) is 3. The molecule has 3 N–H and O–H groups in total. The molecule has 10 nitrogen and oxygen atoms in total. The molecule has 46 heavy (non-hydrogen) atoms. The van der Waals surface area contributed by atoms with E-state index in [1.165, 1.54) is 7.11 Å². The second kappa shape index (κ2) is 15.2. The summed E-state index contributed by atoms with van der Waals surface area (Å²) in [5.74, 6) is 1.38. The second-order valence-electron chi connectivity index (χ2n) is 10.9. The van der Waals surface area contributed by atoms with Gasteiger partial charge in [0.05, 0.1) is 21.0 Å². The smallest absolute Gasteiger partial charge is 0.324 e. The van der Waals surface area contributed by atoms with Crippen molar-refractivity contribution in [2.75, 3.05) is 23.1 Å². The number of halogens is 1. The van der Waals surface area contributed by atoms with Crippen molar-refractivity contribution < 1.29 is 19.1 Å². The molecule has 0 radical (unpaired) electrons. The lowest BCUT2D eigenvalue weighted by Crippen LogP contribution is -2.26. The molecular formula is C35H37IN6O4. The number of pyridine rings is 1. The van der Waals surface area contributed by atoms with Crippen LogP contribution in [0.4, 0.5) is 22.1 Å². The van der Waals surface area contributed by atoms with E-state index in [1.54, 1.807) is 23.9 Å². The molecule has 5 aromatic rings. The quantitative estimate of drug-likeness (QED) is 0.0880. The SMILES string of the molecule is CCCC(I)c1cc(NC(=O)Nc2ccc(OCc3ccnc(NC(=O)[C@@H](C)OC)c3)c3ccccc23)n(-c2ccc(C)cc2)n1. The van der Waals surface area contributed by atoms with E-state index in [2.05, 4.69) is 50.4 Å². The molecule has 0 bridgehead atoms. The van der Waals surface area contributed by atoms with Crippen molar-refractivity contribution in [3.8, 4) is 11.4 Å². The maximum Gasteiger partial charge on any atom is 0.324 e. The van der Waals surface area contributed by atoms with Crippen molar-refractivity contribution in [1.29, 1.82) is 0 Å². The summed E-state index contributed by atoms with van der Waals surface area (Å²) in [7, 11) is 1.48. The first kappa shape index (κ1) is 32.9. The number of alkyl halides is 1. The third-order valence-electron chi connectivity index (χ3n) is 7.44. The molecule has 0 spiro atoms. The fourth-order valence-electron chi connectivity index (χ4n) is 4.83. The number of rotatable bonds is 12. The van der Waals surface area contributed by atoms with E-state index in [-0.39, 0.29) is 22.5 Å². The van der Waals surface area contributed by atoms with Crippen LogP contribution in [-0.2, 0) is 16.1 Å². The van der Waals surface area contributed by atoms with Gasteiger partial charge in [0.15, 0.2) is 0 Å². The van der Waals surface area contributed by atoms with Gasteiger partial charge in [0, 0.05) is 30.1 Å². The summed E-state index contributed by atoms with van der Waals surface area (Å²) in [5, 5.41) is 15.3. The van der Waals surface area contributed by atoms with Gasteiger partial charge in [0.25, 0.3) is 5.91 Å². The van der Waals surface area contributed by atoms with Crippen molar-refractivity contribution in [2.45, 2.75) is 50.2 Å². The van der Waals surface area contributed by atoms with Crippen LogP contribution in [0.5, 0.6) is 5.75 Å². The third-order valence-corrected chi connectivity index (χ3v) is 8.70. The molecule has 0 saturated heterocycles. The van der Waals surface area contributed by atoms with Crippen LogP contribution in [0.25, 0.3) is 16.5 Å². The number of hydrogen-bond donors (Lipinski definition) is 3. The summed E-state index contributed by atoms with van der Waals surface area (Å²) in [6, 6.07) is 24.6. The second-order valence-corrected chi connectivity index (χ2v) is 12.4. The highest BCUT2D eigenvalue weighted by molar-refractivity contribution is 14.1. The Bertz CT molecular complexity index is 1820. The molecule has 11 heteroatoms. The van der Waals surface area contributed by atoms with Gasteiger partial charge in [-0.15, -0.1) is 0 Å². The first-order valence-corrected chi connectivity index (χ1v) is 16.3. The number of urea groups is 1. The van der Waals surface area contributed by atoms with E-state index >= 15 is 0 Å². The monoisotopic (exact) mass is 732 g/mol. The molecule has 2 aromatic heterocycles. The molecule has 0 aliphatic heterocycles. The number of carbonyl (C=O) groups excluding carboxylic acids is 2. The molecule has 1 unspecified atom stereocenters. The maximum atomic E-state index is 13.4. The molecule has 5 rings (SSSR count). The number of fused-ring (bicyclic) bond motifs is 1. The Hall–Kier alpha value is -4.49. The lowest BCUT2D eigenvalue weighted by atomic mass is 10.1. The van der Waals surface area contributed by atoms with Crippen LogP contribution in [0.3, 0.4) is 0 Å². The van der Waals surface area contributed by atoms with E-state index in [9.17, 15) is 9.59 Å². The average molecular weight is 733 g/mol. The molecule has 0 aliphatic carbocycles. The maximum absolute atomic E-state index is 13.4. The van der Waals surface area contributed by atoms with Crippen LogP contribution in [0.2, 0.25) is 0 Å². The Morgan fingerprint density at radius 2 is 1.72 bits per heavy atom. The van der Waals surface area contributed by atoms with E-state index in [1.807, 2.05) is 79.7 Å². The minimum absolute atomic E-state index is 0.228. The molecule has 238 valence electrons. The summed E-state index contributed by atoms with van der Waals surface area (Å²) >= 11 is 2.41. The van der Waals surface area contributed by atoms with Crippen LogP contribution < -0.4 is 20.7 Å². The van der Waals surface area contributed by atoms with Gasteiger partial charge in [-0.3, -0.25) is 10.1 Å². The van der Waals surface area contributed by atoms with Crippen molar-refractivity contribution in [2.24, 2.45) is 0 Å². The van der Waals surface area contributed by atoms with Gasteiger partial charge in [-0.1, -0.05) is 77.9 Å². The topological polar surface area (TPSA) is 119 Å². The van der Waals surface area contributed by atoms with E-state index in [0.29, 0.717) is 23.1 Å².